The predicted molar refractivity (Wildman–Crippen MR) is 77.2 cm³/mol. The lowest BCUT2D eigenvalue weighted by molar-refractivity contribution is 0.457. The first-order valence-electron chi connectivity index (χ1n) is 6.49. The summed E-state index contributed by atoms with van der Waals surface area (Å²) in [6, 6.07) is 2.10. The van der Waals surface area contributed by atoms with E-state index in [0.29, 0.717) is 5.56 Å². The molecule has 6 heteroatoms. The molecule has 0 amide bonds. The van der Waals surface area contributed by atoms with Gasteiger partial charge in [0.1, 0.15) is 10.7 Å². The fourth-order valence-corrected chi connectivity index (χ4v) is 4.21. The van der Waals surface area contributed by atoms with Gasteiger partial charge in [0.15, 0.2) is 0 Å². The highest BCUT2D eigenvalue weighted by atomic mass is 32.2. The van der Waals surface area contributed by atoms with Crippen LogP contribution in [0, 0.1) is 23.6 Å². The number of hydrogen-bond acceptors (Lipinski definition) is 3. The minimum absolute atomic E-state index is 0.160. The fourth-order valence-electron chi connectivity index (χ4n) is 2.58. The number of anilines is 1. The molecule has 0 heterocycles. The third kappa shape index (κ3) is 2.11. The molecule has 1 aliphatic carbocycles. The predicted octanol–water partition coefficient (Wildman–Crippen LogP) is 2.43. The summed E-state index contributed by atoms with van der Waals surface area (Å²) in [6.07, 6.45) is 0. The lowest BCUT2D eigenvalue weighted by Crippen LogP contribution is -2.30. The van der Waals surface area contributed by atoms with Gasteiger partial charge in [0.2, 0.25) is 10.0 Å². The van der Waals surface area contributed by atoms with Crippen LogP contribution < -0.4 is 10.5 Å². The Labute approximate surface area is 119 Å². The first kappa shape index (κ1) is 15.3. The molecule has 0 bridgehead atoms. The van der Waals surface area contributed by atoms with Gasteiger partial charge in [-0.15, -0.1) is 0 Å². The van der Waals surface area contributed by atoms with E-state index in [-0.39, 0.29) is 27.5 Å². The summed E-state index contributed by atoms with van der Waals surface area (Å²) in [5, 5.41) is 0. The van der Waals surface area contributed by atoms with Crippen LogP contribution in [-0.2, 0) is 10.0 Å². The van der Waals surface area contributed by atoms with E-state index in [4.69, 9.17) is 5.73 Å². The van der Waals surface area contributed by atoms with E-state index in [1.165, 1.54) is 6.07 Å². The zero-order valence-electron chi connectivity index (χ0n) is 12.4. The summed E-state index contributed by atoms with van der Waals surface area (Å²) in [7, 11) is -3.91. The zero-order valence-corrected chi connectivity index (χ0v) is 13.2. The van der Waals surface area contributed by atoms with Crippen molar-refractivity contribution in [2.75, 3.05) is 5.73 Å². The summed E-state index contributed by atoms with van der Waals surface area (Å²) in [4.78, 5) is -0.390. The number of hydrogen-bond donors (Lipinski definition) is 2. The van der Waals surface area contributed by atoms with Gasteiger partial charge in [-0.2, -0.15) is 0 Å². The van der Waals surface area contributed by atoms with Gasteiger partial charge < -0.3 is 5.73 Å². The molecular weight excluding hydrogens is 279 g/mol. The van der Waals surface area contributed by atoms with E-state index in [9.17, 15) is 12.8 Å². The molecule has 3 N–H and O–H groups in total. The molecule has 0 atom stereocenters. The van der Waals surface area contributed by atoms with Crippen molar-refractivity contribution in [3.63, 3.8) is 0 Å². The Morgan fingerprint density at radius 3 is 2.15 bits per heavy atom. The molecule has 1 aliphatic rings. The van der Waals surface area contributed by atoms with Crippen LogP contribution in [0.15, 0.2) is 17.0 Å². The number of halogens is 1. The monoisotopic (exact) mass is 300 g/mol. The molecule has 0 saturated heterocycles. The number of nitrogens with one attached hydrogen (secondary N) is 1. The van der Waals surface area contributed by atoms with Crippen LogP contribution in [0.5, 0.6) is 0 Å². The molecule has 0 aromatic heterocycles. The summed E-state index contributed by atoms with van der Waals surface area (Å²) < 4.78 is 41.2. The topological polar surface area (TPSA) is 72.2 Å². The van der Waals surface area contributed by atoms with E-state index in [2.05, 4.69) is 4.72 Å². The van der Waals surface area contributed by atoms with Crippen LogP contribution in [0.3, 0.4) is 0 Å². The van der Waals surface area contributed by atoms with Gasteiger partial charge in [-0.1, -0.05) is 27.7 Å². The van der Waals surface area contributed by atoms with E-state index in [0.717, 1.165) is 6.07 Å². The zero-order chi connectivity index (χ0) is 15.5. The van der Waals surface area contributed by atoms with Crippen molar-refractivity contribution >= 4 is 15.7 Å². The highest BCUT2D eigenvalue weighted by molar-refractivity contribution is 7.89. The minimum atomic E-state index is -3.91. The quantitative estimate of drug-likeness (QED) is 0.842. The van der Waals surface area contributed by atoms with Crippen molar-refractivity contribution in [3.8, 4) is 0 Å². The fraction of sp³-hybridized carbons (Fsp3) is 0.571. The number of sulfonamides is 1. The Kier molecular flexibility index (Phi) is 3.19. The van der Waals surface area contributed by atoms with Crippen molar-refractivity contribution in [3.05, 3.63) is 23.5 Å². The van der Waals surface area contributed by atoms with Gasteiger partial charge in [0.25, 0.3) is 0 Å². The summed E-state index contributed by atoms with van der Waals surface area (Å²) in [5.74, 6) is -0.777. The largest absolute Gasteiger partial charge is 0.398 e. The number of nitrogen functional groups attached to an aromatic ring is 1. The Hall–Kier alpha value is -1.14. The van der Waals surface area contributed by atoms with Crippen LogP contribution in [0.4, 0.5) is 10.1 Å². The maximum absolute atomic E-state index is 13.9. The lowest BCUT2D eigenvalue weighted by atomic mass is 10.0. The molecule has 20 heavy (non-hydrogen) atoms. The smallest absolute Gasteiger partial charge is 0.243 e. The van der Waals surface area contributed by atoms with Crippen LogP contribution in [0.2, 0.25) is 0 Å². The SMILES string of the molecule is Cc1cc(F)c(S(=O)(=O)NC2C(C)(C)C2(C)C)cc1N. The summed E-state index contributed by atoms with van der Waals surface area (Å²) in [6.45, 7) is 9.58. The Morgan fingerprint density at radius 1 is 1.20 bits per heavy atom. The van der Waals surface area contributed by atoms with Crippen molar-refractivity contribution in [2.24, 2.45) is 10.8 Å². The third-order valence-electron chi connectivity index (χ3n) is 4.90. The number of aryl methyl sites for hydroxylation is 1. The molecule has 1 fully saturated rings. The van der Waals surface area contributed by atoms with E-state index in [1.54, 1.807) is 6.92 Å². The van der Waals surface area contributed by atoms with Crippen LogP contribution >= 0.6 is 0 Å². The van der Waals surface area contributed by atoms with Gasteiger partial charge in [0.05, 0.1) is 0 Å². The second-order valence-corrected chi connectivity index (χ2v) is 8.32. The van der Waals surface area contributed by atoms with Crippen LogP contribution in [-0.4, -0.2) is 14.5 Å². The van der Waals surface area contributed by atoms with Gasteiger partial charge in [-0.05, 0) is 35.4 Å². The molecule has 0 radical (unpaired) electrons. The maximum Gasteiger partial charge on any atom is 0.243 e. The first-order valence-corrected chi connectivity index (χ1v) is 7.97. The molecule has 0 spiro atoms. The second kappa shape index (κ2) is 4.18. The van der Waals surface area contributed by atoms with Crippen LogP contribution in [0.1, 0.15) is 33.3 Å². The van der Waals surface area contributed by atoms with Gasteiger partial charge in [-0.3, -0.25) is 0 Å². The molecule has 2 rings (SSSR count). The molecule has 1 aromatic carbocycles. The molecule has 1 aromatic rings. The standard InChI is InChI=1S/C14H21FN2O2S/c1-8-6-9(15)11(7-10(8)16)20(18,19)17-12-13(2,3)14(12,4)5/h6-7,12,17H,16H2,1-5H3. The van der Waals surface area contributed by atoms with E-state index < -0.39 is 15.8 Å². The van der Waals surface area contributed by atoms with Crippen molar-refractivity contribution < 1.29 is 12.8 Å². The maximum atomic E-state index is 13.9. The molecule has 0 aliphatic heterocycles. The van der Waals surface area contributed by atoms with Crippen molar-refractivity contribution in [2.45, 2.75) is 45.6 Å². The van der Waals surface area contributed by atoms with Crippen LogP contribution in [0.25, 0.3) is 0 Å². The van der Waals surface area contributed by atoms with Gasteiger partial charge >= 0.3 is 0 Å². The average molecular weight is 300 g/mol. The molecular formula is C14H21FN2O2S. The van der Waals surface area contributed by atoms with E-state index >= 15 is 0 Å². The van der Waals surface area contributed by atoms with Crippen molar-refractivity contribution in [1.29, 1.82) is 0 Å². The average Bonchev–Trinajstić information content (AvgIpc) is 2.65. The summed E-state index contributed by atoms with van der Waals surface area (Å²) >= 11 is 0. The molecule has 112 valence electrons. The number of benzene rings is 1. The minimum Gasteiger partial charge on any atom is -0.398 e. The number of rotatable bonds is 3. The molecule has 0 unspecified atom stereocenters. The normalized spacial score (nSPS) is 20.9. The van der Waals surface area contributed by atoms with Gasteiger partial charge in [0, 0.05) is 11.7 Å². The van der Waals surface area contributed by atoms with E-state index in [1.807, 2.05) is 27.7 Å². The highest BCUT2D eigenvalue weighted by Crippen LogP contribution is 2.62. The summed E-state index contributed by atoms with van der Waals surface area (Å²) in [5.41, 5.74) is 6.15. The molecule has 4 nitrogen and oxygen atoms in total. The number of nitrogens with two attached hydrogens (primary N) is 1. The third-order valence-corrected chi connectivity index (χ3v) is 6.34. The Morgan fingerprint density at radius 2 is 1.70 bits per heavy atom. The Bertz CT molecular complexity index is 652. The van der Waals surface area contributed by atoms with Crippen molar-refractivity contribution in [1.82, 2.24) is 4.72 Å². The van der Waals surface area contributed by atoms with Gasteiger partial charge in [-0.25, -0.2) is 17.5 Å². The highest BCUT2D eigenvalue weighted by Gasteiger charge is 2.66. The first-order chi connectivity index (χ1) is 8.91. The molecule has 1 saturated carbocycles. The lowest BCUT2D eigenvalue weighted by Gasteiger charge is -2.11. The second-order valence-electron chi connectivity index (χ2n) is 6.64. The Balaban J connectivity index is 2.36.